The molecule has 0 aromatic heterocycles. The summed E-state index contributed by atoms with van der Waals surface area (Å²) in [5.74, 6) is -0.541. The van der Waals surface area contributed by atoms with Crippen molar-refractivity contribution in [2.45, 2.75) is 64.3 Å². The van der Waals surface area contributed by atoms with Gasteiger partial charge in [0.05, 0.1) is 0 Å². The molecule has 0 bridgehead atoms. The Morgan fingerprint density at radius 2 is 1.17 bits per heavy atom. The van der Waals surface area contributed by atoms with Gasteiger partial charge in [0.25, 0.3) is 0 Å². The second kappa shape index (κ2) is 21.4. The van der Waals surface area contributed by atoms with Gasteiger partial charge in [-0.2, -0.15) is 12.6 Å². The van der Waals surface area contributed by atoms with Crippen LogP contribution in [0.4, 0.5) is 0 Å². The minimum absolute atomic E-state index is 0.188. The number of rotatable bonds is 17. The molecule has 2 amide bonds. The highest BCUT2D eigenvalue weighted by atomic mass is 32.1. The molecule has 0 heterocycles. The molecule has 0 radical (unpaired) electrons. The standard InChI is InChI=1S/C25H38N2O2S/c1-2-3-4-5-6-7-8-9-10-11-12-13-14-15-16-17-18-19-20-21-24(28)27-23(22-30)25(26)29/h3-4,6-7,9-10,12-13,15-16,18-19,23,30H,2,5,8,11,14,17,20-22H2,1H3,(H2,26,29)(H,27,28)/b4-3-,7-6-,10-9-,13-12-,16-15-,19-18-. The molecule has 0 aromatic carbocycles. The first kappa shape index (κ1) is 27.7. The Balaban J connectivity index is 3.70. The van der Waals surface area contributed by atoms with Gasteiger partial charge in [-0.25, -0.2) is 0 Å². The highest BCUT2D eigenvalue weighted by Crippen LogP contribution is 1.98. The molecule has 3 N–H and O–H groups in total. The van der Waals surface area contributed by atoms with Crippen molar-refractivity contribution in [3.8, 4) is 0 Å². The van der Waals surface area contributed by atoms with E-state index in [-0.39, 0.29) is 11.7 Å². The van der Waals surface area contributed by atoms with Crippen LogP contribution in [-0.2, 0) is 9.59 Å². The van der Waals surface area contributed by atoms with Gasteiger partial charge < -0.3 is 11.1 Å². The van der Waals surface area contributed by atoms with Crippen LogP contribution in [0.3, 0.4) is 0 Å². The fourth-order valence-electron chi connectivity index (χ4n) is 2.33. The third kappa shape index (κ3) is 19.1. The normalized spacial score (nSPS) is 13.7. The van der Waals surface area contributed by atoms with E-state index in [9.17, 15) is 9.59 Å². The van der Waals surface area contributed by atoms with E-state index in [0.717, 1.165) is 38.5 Å². The molecule has 4 nitrogen and oxygen atoms in total. The lowest BCUT2D eigenvalue weighted by atomic mass is 10.2. The number of hydrogen-bond acceptors (Lipinski definition) is 3. The maximum absolute atomic E-state index is 11.7. The number of thiol groups is 1. The molecule has 0 rings (SSSR count). The Bertz CT molecular complexity index is 631. The van der Waals surface area contributed by atoms with Crippen LogP contribution in [0.2, 0.25) is 0 Å². The number of carbonyl (C=O) groups is 2. The SMILES string of the molecule is CC/C=C\C/C=C\C/C=C\C/C=C\C/C=C\C/C=C\CCC(=O)NC(CS)C(N)=O. The highest BCUT2D eigenvalue weighted by molar-refractivity contribution is 7.80. The van der Waals surface area contributed by atoms with Gasteiger partial charge in [-0.05, 0) is 44.9 Å². The smallest absolute Gasteiger partial charge is 0.240 e. The molecule has 1 atom stereocenters. The van der Waals surface area contributed by atoms with Crippen molar-refractivity contribution in [3.63, 3.8) is 0 Å². The first-order valence-electron chi connectivity index (χ1n) is 10.7. The van der Waals surface area contributed by atoms with Crippen molar-refractivity contribution in [3.05, 3.63) is 72.9 Å². The van der Waals surface area contributed by atoms with Gasteiger partial charge in [-0.3, -0.25) is 9.59 Å². The minimum Gasteiger partial charge on any atom is -0.368 e. The molecule has 1 unspecified atom stereocenters. The predicted molar refractivity (Wildman–Crippen MR) is 132 cm³/mol. The maximum atomic E-state index is 11.7. The van der Waals surface area contributed by atoms with E-state index in [0.29, 0.717) is 12.8 Å². The van der Waals surface area contributed by atoms with E-state index in [1.165, 1.54) is 0 Å². The van der Waals surface area contributed by atoms with Gasteiger partial charge >= 0.3 is 0 Å². The average Bonchev–Trinajstić information content (AvgIpc) is 2.73. The minimum atomic E-state index is -0.703. The largest absolute Gasteiger partial charge is 0.368 e. The molecule has 30 heavy (non-hydrogen) atoms. The third-order valence-corrected chi connectivity index (χ3v) is 4.36. The van der Waals surface area contributed by atoms with Crippen LogP contribution in [0, 0.1) is 0 Å². The quantitative estimate of drug-likeness (QED) is 0.215. The summed E-state index contributed by atoms with van der Waals surface area (Å²) in [6.45, 7) is 2.14. The van der Waals surface area contributed by atoms with Crippen molar-refractivity contribution < 1.29 is 9.59 Å². The Labute approximate surface area is 188 Å². The lowest BCUT2D eigenvalue weighted by molar-refractivity contribution is -0.126. The van der Waals surface area contributed by atoms with Crippen LogP contribution in [0.1, 0.15) is 58.3 Å². The monoisotopic (exact) mass is 430 g/mol. The first-order chi connectivity index (χ1) is 14.6. The molecule has 0 aliphatic rings. The lowest BCUT2D eigenvalue weighted by Gasteiger charge is -2.11. The van der Waals surface area contributed by atoms with Crippen LogP contribution in [0.15, 0.2) is 72.9 Å². The molecule has 0 fully saturated rings. The van der Waals surface area contributed by atoms with Gasteiger partial charge in [-0.1, -0.05) is 79.8 Å². The highest BCUT2D eigenvalue weighted by Gasteiger charge is 2.15. The lowest BCUT2D eigenvalue weighted by Crippen LogP contribution is -2.45. The zero-order chi connectivity index (χ0) is 22.3. The van der Waals surface area contributed by atoms with Crippen molar-refractivity contribution in [2.24, 2.45) is 5.73 Å². The maximum Gasteiger partial charge on any atom is 0.240 e. The number of nitrogens with one attached hydrogen (secondary N) is 1. The molecule has 0 aliphatic carbocycles. The van der Waals surface area contributed by atoms with Crippen LogP contribution in [-0.4, -0.2) is 23.6 Å². The summed E-state index contributed by atoms with van der Waals surface area (Å²) in [4.78, 5) is 22.7. The predicted octanol–water partition coefficient (Wildman–Crippen LogP) is 5.36. The van der Waals surface area contributed by atoms with Crippen molar-refractivity contribution in [2.75, 3.05) is 5.75 Å². The average molecular weight is 431 g/mol. The molecular formula is C25H38N2O2S. The summed E-state index contributed by atoms with van der Waals surface area (Å²) >= 11 is 3.99. The van der Waals surface area contributed by atoms with Gasteiger partial charge in [0.1, 0.15) is 6.04 Å². The molecule has 0 aliphatic heterocycles. The van der Waals surface area contributed by atoms with Crippen LogP contribution >= 0.6 is 12.6 Å². The van der Waals surface area contributed by atoms with Crippen molar-refractivity contribution in [1.82, 2.24) is 5.32 Å². The van der Waals surface area contributed by atoms with Crippen LogP contribution in [0.25, 0.3) is 0 Å². The van der Waals surface area contributed by atoms with Gasteiger partial charge in [-0.15, -0.1) is 0 Å². The molecule has 0 saturated heterocycles. The van der Waals surface area contributed by atoms with E-state index < -0.39 is 11.9 Å². The fourth-order valence-corrected chi connectivity index (χ4v) is 2.60. The molecule has 5 heteroatoms. The summed E-state index contributed by atoms with van der Waals surface area (Å²) < 4.78 is 0. The zero-order valence-electron chi connectivity index (χ0n) is 18.2. The van der Waals surface area contributed by atoms with Crippen molar-refractivity contribution >= 4 is 24.4 Å². The van der Waals surface area contributed by atoms with E-state index in [1.54, 1.807) is 0 Å². The number of hydrogen-bond donors (Lipinski definition) is 3. The molecule has 0 saturated carbocycles. The number of primary amides is 1. The fraction of sp³-hybridized carbons (Fsp3) is 0.440. The summed E-state index contributed by atoms with van der Waals surface area (Å²) in [5, 5.41) is 2.57. The number of carbonyl (C=O) groups excluding carboxylic acids is 2. The second-order valence-corrected chi connectivity index (χ2v) is 7.02. The van der Waals surface area contributed by atoms with Crippen LogP contribution < -0.4 is 11.1 Å². The summed E-state index contributed by atoms with van der Waals surface area (Å²) in [7, 11) is 0. The first-order valence-corrected chi connectivity index (χ1v) is 11.3. The Morgan fingerprint density at radius 3 is 1.53 bits per heavy atom. The molecule has 0 spiro atoms. The Morgan fingerprint density at radius 1 is 0.767 bits per heavy atom. The van der Waals surface area contributed by atoms with Crippen LogP contribution in [0.5, 0.6) is 0 Å². The summed E-state index contributed by atoms with van der Waals surface area (Å²) in [6, 6.07) is -0.703. The third-order valence-electron chi connectivity index (χ3n) is 4.00. The van der Waals surface area contributed by atoms with Gasteiger partial charge in [0, 0.05) is 12.2 Å². The number of amides is 2. The summed E-state index contributed by atoms with van der Waals surface area (Å²) in [6.07, 6.45) is 32.5. The van der Waals surface area contributed by atoms with E-state index in [2.05, 4.69) is 85.6 Å². The second-order valence-electron chi connectivity index (χ2n) is 6.66. The zero-order valence-corrected chi connectivity index (χ0v) is 19.1. The Kier molecular flexibility index (Phi) is 19.8. The van der Waals surface area contributed by atoms with E-state index in [1.807, 2.05) is 12.2 Å². The molecular weight excluding hydrogens is 392 g/mol. The Hall–Kier alpha value is -2.27. The number of allylic oxidation sites excluding steroid dienone is 12. The number of nitrogens with two attached hydrogens (primary N) is 1. The summed E-state index contributed by atoms with van der Waals surface area (Å²) in [5.41, 5.74) is 5.16. The van der Waals surface area contributed by atoms with Crippen molar-refractivity contribution in [1.29, 1.82) is 0 Å². The topological polar surface area (TPSA) is 72.2 Å². The van der Waals surface area contributed by atoms with E-state index in [4.69, 9.17) is 5.73 Å². The van der Waals surface area contributed by atoms with Gasteiger partial charge in [0.2, 0.25) is 11.8 Å². The van der Waals surface area contributed by atoms with E-state index >= 15 is 0 Å². The molecule has 0 aromatic rings. The van der Waals surface area contributed by atoms with Gasteiger partial charge in [0.15, 0.2) is 0 Å². The molecule has 166 valence electrons.